The Bertz CT molecular complexity index is 1410. The topological polar surface area (TPSA) is 155 Å². The molecule has 2 bridgehead atoms. The molecular weight excluding hydrogens is 635 g/mol. The number of ketones is 1. The van der Waals surface area contributed by atoms with E-state index in [1.165, 1.54) is 24.3 Å². The van der Waals surface area contributed by atoms with Crippen molar-refractivity contribution >= 4 is 17.9 Å². The molecule has 1 aliphatic heterocycles. The number of carbonyl (C=O) groups is 3. The van der Waals surface area contributed by atoms with Gasteiger partial charge in [-0.05, 0) is 91.9 Å². The summed E-state index contributed by atoms with van der Waals surface area (Å²) in [5.74, 6) is -2.86. The quantitative estimate of drug-likeness (QED) is 0.265. The Morgan fingerprint density at radius 2 is 1.81 bits per heavy atom. The van der Waals surface area contributed by atoms with Gasteiger partial charge in [0.15, 0.2) is 5.78 Å². The van der Waals surface area contributed by atoms with Crippen LogP contribution in [0.3, 0.4) is 0 Å². The third kappa shape index (κ3) is 6.57. The van der Waals surface area contributed by atoms with Crippen molar-refractivity contribution in [2.75, 3.05) is 19.8 Å². The van der Waals surface area contributed by atoms with Crippen LogP contribution in [-0.4, -0.2) is 66.5 Å². The number of carboxylic acid groups (broad SMARTS) is 2. The summed E-state index contributed by atoms with van der Waals surface area (Å²) < 4.78 is 59.7. The highest BCUT2D eigenvalue weighted by molar-refractivity contribution is 5.97. The summed E-state index contributed by atoms with van der Waals surface area (Å²) in [5, 5.41) is 20.1. The highest BCUT2D eigenvalue weighted by Gasteiger charge is 2.64. The van der Waals surface area contributed by atoms with Crippen molar-refractivity contribution < 1.29 is 56.7 Å². The number of carboxylic acids is 1. The minimum absolute atomic E-state index is 0.00573. The molecule has 7 unspecified atom stereocenters. The third-order valence-corrected chi connectivity index (χ3v) is 11.7. The molecular formula is C35H44F3NO9. The number of hydrogen-bond acceptors (Lipinski definition) is 8. The van der Waals surface area contributed by atoms with Gasteiger partial charge >= 0.3 is 18.5 Å². The molecule has 48 heavy (non-hydrogen) atoms. The predicted molar refractivity (Wildman–Crippen MR) is 164 cm³/mol. The summed E-state index contributed by atoms with van der Waals surface area (Å²) in [6.45, 7) is 4.69. The highest BCUT2D eigenvalue weighted by atomic mass is 19.4. The molecule has 3 saturated carbocycles. The largest absolute Gasteiger partial charge is 0.573 e. The van der Waals surface area contributed by atoms with Crippen molar-refractivity contribution in [2.45, 2.75) is 77.0 Å². The fourth-order valence-electron chi connectivity index (χ4n) is 10.1. The summed E-state index contributed by atoms with van der Waals surface area (Å²) in [5.41, 5.74) is 7.16. The molecule has 1 saturated heterocycles. The van der Waals surface area contributed by atoms with Crippen LogP contribution in [0.25, 0.3) is 0 Å². The maximum atomic E-state index is 14.0. The first kappa shape index (κ1) is 34.7. The number of hydrogen-bond donors (Lipinski definition) is 3. The van der Waals surface area contributed by atoms with E-state index < -0.39 is 54.0 Å². The van der Waals surface area contributed by atoms with E-state index in [9.17, 15) is 37.8 Å². The zero-order chi connectivity index (χ0) is 34.5. The monoisotopic (exact) mass is 679 g/mol. The van der Waals surface area contributed by atoms with E-state index in [1.54, 1.807) is 6.08 Å². The Balaban J connectivity index is 1.25. The Kier molecular flexibility index (Phi) is 9.60. The van der Waals surface area contributed by atoms with Crippen molar-refractivity contribution in [1.29, 1.82) is 0 Å². The van der Waals surface area contributed by atoms with Crippen LogP contribution in [0.15, 0.2) is 35.9 Å². The van der Waals surface area contributed by atoms with Gasteiger partial charge in [0, 0.05) is 17.3 Å². The van der Waals surface area contributed by atoms with Gasteiger partial charge in [-0.25, -0.2) is 4.79 Å². The van der Waals surface area contributed by atoms with Gasteiger partial charge in [0.2, 0.25) is 0 Å². The SMILES string of the molecule is CC(C)CC1CCC2C3CCC4C5COC[C@]4(C[C@@H](OC(=O)O)[C@@H]5OCC(N)c4ccc(OC(F)(F)F)cc4)C3=CC(=O)C2[C@@H]1C(=O)O. The molecule has 0 aromatic heterocycles. The average Bonchev–Trinajstić information content (AvgIpc) is 2.99. The number of carbonyl (C=O) groups excluding carboxylic acids is 1. The molecule has 0 amide bonds. The van der Waals surface area contributed by atoms with Crippen LogP contribution in [0, 0.1) is 52.8 Å². The first-order valence-corrected chi connectivity index (χ1v) is 16.9. The normalized spacial score (nSPS) is 36.6. The molecule has 5 aliphatic rings. The maximum Gasteiger partial charge on any atom is 0.573 e. The molecule has 1 aromatic carbocycles. The summed E-state index contributed by atoms with van der Waals surface area (Å²) in [6.07, 6.45) is -2.09. The van der Waals surface area contributed by atoms with E-state index in [0.29, 0.717) is 24.7 Å². The lowest BCUT2D eigenvalue weighted by atomic mass is 9.45. The van der Waals surface area contributed by atoms with Crippen LogP contribution >= 0.6 is 0 Å². The van der Waals surface area contributed by atoms with Crippen LogP contribution in [-0.2, 0) is 23.8 Å². The molecule has 0 radical (unpaired) electrons. The first-order chi connectivity index (χ1) is 22.7. The van der Waals surface area contributed by atoms with Crippen LogP contribution in [0.5, 0.6) is 5.75 Å². The number of aliphatic carboxylic acids is 1. The van der Waals surface area contributed by atoms with E-state index in [0.717, 1.165) is 37.7 Å². The number of ether oxygens (including phenoxy) is 4. The van der Waals surface area contributed by atoms with Gasteiger partial charge in [0.05, 0.1) is 37.9 Å². The first-order valence-electron chi connectivity index (χ1n) is 16.9. The number of alkyl halides is 3. The summed E-state index contributed by atoms with van der Waals surface area (Å²) in [4.78, 5) is 38.6. The second kappa shape index (κ2) is 13.3. The molecule has 6 rings (SSSR count). The van der Waals surface area contributed by atoms with Gasteiger partial charge in [-0.15, -0.1) is 13.2 Å². The highest BCUT2D eigenvalue weighted by Crippen LogP contribution is 2.64. The summed E-state index contributed by atoms with van der Waals surface area (Å²) in [6, 6.07) is 4.44. The van der Waals surface area contributed by atoms with Crippen LogP contribution in [0.4, 0.5) is 18.0 Å². The molecule has 11 atom stereocenters. The minimum Gasteiger partial charge on any atom is -0.481 e. The fourth-order valence-corrected chi connectivity index (χ4v) is 10.1. The van der Waals surface area contributed by atoms with E-state index in [4.69, 9.17) is 19.9 Å². The van der Waals surface area contributed by atoms with Crippen molar-refractivity contribution in [3.05, 3.63) is 41.5 Å². The number of halogens is 3. The van der Waals surface area contributed by atoms with Gasteiger partial charge in [0.25, 0.3) is 0 Å². The van der Waals surface area contributed by atoms with Crippen molar-refractivity contribution in [3.8, 4) is 5.75 Å². The Morgan fingerprint density at radius 3 is 2.46 bits per heavy atom. The standard InChI is InChI=1S/C35H44F3NO9/c1-17(2)11-19-5-8-22-21-9-10-24-23-14-45-16-34(24,25(21)12-27(40)30(22)29(19)32(41)42)13-28(47-33(43)44)31(23)46-15-26(39)18-3-6-20(7-4-18)48-35(36,37)38/h3-4,6-7,12,17,19,21-24,26,28-31H,5,8-11,13-16,39H2,1-2H3,(H,41,42)(H,43,44)/t19?,21?,22?,23?,24?,26?,28-,29-,30?,31-,34+/m1/s1. The Morgan fingerprint density at radius 1 is 1.08 bits per heavy atom. The minimum atomic E-state index is -4.82. The van der Waals surface area contributed by atoms with Crippen LogP contribution in [0.1, 0.15) is 64.0 Å². The van der Waals surface area contributed by atoms with E-state index in [2.05, 4.69) is 18.6 Å². The molecule has 1 aromatic rings. The zero-order valence-corrected chi connectivity index (χ0v) is 27.1. The number of allylic oxidation sites excluding steroid dienone is 1. The predicted octanol–water partition coefficient (Wildman–Crippen LogP) is 5.99. The van der Waals surface area contributed by atoms with Gasteiger partial charge < -0.3 is 34.9 Å². The second-order valence-corrected chi connectivity index (χ2v) is 14.8. The van der Waals surface area contributed by atoms with Gasteiger partial charge in [-0.3, -0.25) is 9.59 Å². The molecule has 13 heteroatoms. The molecule has 0 spiro atoms. The van der Waals surface area contributed by atoms with Gasteiger partial charge in [-0.1, -0.05) is 31.6 Å². The van der Waals surface area contributed by atoms with Crippen LogP contribution < -0.4 is 10.5 Å². The Hall–Kier alpha value is -3.16. The number of nitrogens with two attached hydrogens (primary N) is 1. The molecule has 264 valence electrons. The lowest BCUT2D eigenvalue weighted by Gasteiger charge is -2.62. The summed E-state index contributed by atoms with van der Waals surface area (Å²) in [7, 11) is 0. The van der Waals surface area contributed by atoms with Crippen molar-refractivity contribution in [3.63, 3.8) is 0 Å². The molecule has 4 fully saturated rings. The van der Waals surface area contributed by atoms with Crippen molar-refractivity contribution in [1.82, 2.24) is 0 Å². The van der Waals surface area contributed by atoms with Gasteiger partial charge in [0.1, 0.15) is 11.9 Å². The molecule has 4 N–H and O–H groups in total. The number of rotatable bonds is 9. The average molecular weight is 680 g/mol. The fraction of sp³-hybridized carbons (Fsp3) is 0.686. The molecule has 10 nitrogen and oxygen atoms in total. The third-order valence-electron chi connectivity index (χ3n) is 11.7. The zero-order valence-electron chi connectivity index (χ0n) is 27.1. The second-order valence-electron chi connectivity index (χ2n) is 14.8. The maximum absolute atomic E-state index is 14.0. The smallest absolute Gasteiger partial charge is 0.481 e. The van der Waals surface area contributed by atoms with Crippen LogP contribution in [0.2, 0.25) is 0 Å². The molecule has 1 heterocycles. The van der Waals surface area contributed by atoms with E-state index >= 15 is 0 Å². The number of fused-ring (bicyclic) bond motifs is 3. The Labute approximate surface area is 277 Å². The number of benzene rings is 1. The van der Waals surface area contributed by atoms with E-state index in [1.807, 2.05) is 0 Å². The summed E-state index contributed by atoms with van der Waals surface area (Å²) >= 11 is 0. The van der Waals surface area contributed by atoms with E-state index in [-0.39, 0.29) is 54.1 Å². The lowest BCUT2D eigenvalue weighted by Crippen LogP contribution is -2.64. The van der Waals surface area contributed by atoms with Gasteiger partial charge in [-0.2, -0.15) is 0 Å². The van der Waals surface area contributed by atoms with Crippen molar-refractivity contribution in [2.24, 2.45) is 58.5 Å². The molecule has 4 aliphatic carbocycles. The lowest BCUT2D eigenvalue weighted by molar-refractivity contribution is -0.274.